The van der Waals surface area contributed by atoms with E-state index in [1.165, 1.54) is 64.3 Å². The van der Waals surface area contributed by atoms with Gasteiger partial charge >= 0.3 is 0 Å². The van der Waals surface area contributed by atoms with E-state index in [9.17, 15) is 0 Å². The molecule has 0 aromatic heterocycles. The van der Waals surface area contributed by atoms with Crippen molar-refractivity contribution in [2.45, 2.75) is 69.2 Å². The van der Waals surface area contributed by atoms with Gasteiger partial charge in [-0.3, -0.25) is 0 Å². The van der Waals surface area contributed by atoms with E-state index < -0.39 is 0 Å². The van der Waals surface area contributed by atoms with E-state index >= 15 is 0 Å². The van der Waals surface area contributed by atoms with E-state index in [2.05, 4.69) is 5.32 Å². The van der Waals surface area contributed by atoms with Crippen molar-refractivity contribution in [2.24, 2.45) is 17.8 Å². The Morgan fingerprint density at radius 2 is 1.82 bits per heavy atom. The van der Waals surface area contributed by atoms with Crippen LogP contribution in [0.25, 0.3) is 0 Å². The second kappa shape index (κ2) is 5.48. The molecule has 0 heterocycles. The lowest BCUT2D eigenvalue weighted by Crippen LogP contribution is -2.40. The predicted molar refractivity (Wildman–Crippen MR) is 73.5 cm³/mol. The molecule has 0 amide bonds. The van der Waals surface area contributed by atoms with Crippen LogP contribution in [0.15, 0.2) is 0 Å². The summed E-state index contributed by atoms with van der Waals surface area (Å²) in [5.41, 5.74) is 0. The Labute approximate surface area is 111 Å². The van der Waals surface area contributed by atoms with Gasteiger partial charge in [0.15, 0.2) is 0 Å². The Morgan fingerprint density at radius 3 is 2.59 bits per heavy atom. The summed E-state index contributed by atoms with van der Waals surface area (Å²) in [6, 6.07) is 0.596. The normalized spacial score (nSPS) is 46.1. The maximum atomic E-state index is 6.49. The molecule has 1 N–H and O–H groups in total. The summed E-state index contributed by atoms with van der Waals surface area (Å²) in [5.74, 6) is 3.10. The van der Waals surface area contributed by atoms with E-state index in [1.54, 1.807) is 0 Å². The zero-order valence-electron chi connectivity index (χ0n) is 10.8. The van der Waals surface area contributed by atoms with Crippen molar-refractivity contribution < 1.29 is 0 Å². The maximum Gasteiger partial charge on any atom is 0.0489 e. The van der Waals surface area contributed by atoms with Gasteiger partial charge in [-0.2, -0.15) is 0 Å². The molecule has 17 heavy (non-hydrogen) atoms. The van der Waals surface area contributed by atoms with Crippen LogP contribution < -0.4 is 5.32 Å². The predicted octanol–water partition coefficient (Wildman–Crippen LogP) is 3.95. The van der Waals surface area contributed by atoms with Crippen LogP contribution in [-0.2, 0) is 0 Å². The Morgan fingerprint density at radius 1 is 0.941 bits per heavy atom. The number of fused-ring (bicyclic) bond motifs is 2. The lowest BCUT2D eigenvalue weighted by Gasteiger charge is -2.27. The van der Waals surface area contributed by atoms with Gasteiger partial charge in [0.25, 0.3) is 0 Å². The second-order valence-corrected chi connectivity index (χ2v) is 7.16. The van der Waals surface area contributed by atoms with Gasteiger partial charge in [0.1, 0.15) is 0 Å². The summed E-state index contributed by atoms with van der Waals surface area (Å²) >= 11 is 6.49. The molecule has 0 radical (unpaired) electrons. The Bertz CT molecular complexity index is 255. The van der Waals surface area contributed by atoms with Crippen molar-refractivity contribution in [3.63, 3.8) is 0 Å². The highest BCUT2D eigenvalue weighted by Crippen LogP contribution is 2.48. The number of hydrogen-bond acceptors (Lipinski definition) is 1. The summed E-state index contributed by atoms with van der Waals surface area (Å²) in [7, 11) is 0. The Kier molecular flexibility index (Phi) is 3.97. The van der Waals surface area contributed by atoms with Crippen LogP contribution in [0.1, 0.15) is 57.8 Å². The molecular formula is C15H26ClN. The minimum Gasteiger partial charge on any atom is -0.312 e. The molecule has 3 saturated carbocycles. The molecule has 0 aliphatic heterocycles. The van der Waals surface area contributed by atoms with Crippen molar-refractivity contribution in [3.8, 4) is 0 Å². The van der Waals surface area contributed by atoms with E-state index in [0.29, 0.717) is 11.4 Å². The lowest BCUT2D eigenvalue weighted by molar-refractivity contribution is 0.300. The molecule has 0 aromatic rings. The fourth-order valence-corrected chi connectivity index (χ4v) is 4.79. The SMILES string of the molecule is ClC1CCCCCC1NCC1CC2CCC1C2. The largest absolute Gasteiger partial charge is 0.312 e. The van der Waals surface area contributed by atoms with Gasteiger partial charge in [-0.05, 0) is 56.4 Å². The molecule has 3 aliphatic rings. The third-order valence-corrected chi connectivity index (χ3v) is 5.98. The molecule has 3 aliphatic carbocycles. The number of rotatable bonds is 3. The van der Waals surface area contributed by atoms with Crippen LogP contribution in [-0.4, -0.2) is 18.0 Å². The molecule has 5 atom stereocenters. The van der Waals surface area contributed by atoms with Crippen molar-refractivity contribution in [3.05, 3.63) is 0 Å². The van der Waals surface area contributed by atoms with Gasteiger partial charge in [-0.1, -0.05) is 25.7 Å². The Hall–Kier alpha value is 0.250. The quantitative estimate of drug-likeness (QED) is 0.595. The average Bonchev–Trinajstić information content (AvgIpc) is 2.88. The molecule has 0 spiro atoms. The Balaban J connectivity index is 1.46. The lowest BCUT2D eigenvalue weighted by atomic mass is 9.88. The third-order valence-electron chi connectivity index (χ3n) is 5.46. The molecule has 5 unspecified atom stereocenters. The summed E-state index contributed by atoms with van der Waals surface area (Å²) in [5, 5.41) is 4.19. The highest BCUT2D eigenvalue weighted by Gasteiger charge is 2.39. The van der Waals surface area contributed by atoms with E-state index in [1.807, 2.05) is 0 Å². The van der Waals surface area contributed by atoms with Crippen LogP contribution in [0.3, 0.4) is 0 Å². The van der Waals surface area contributed by atoms with Gasteiger partial charge in [0, 0.05) is 11.4 Å². The van der Waals surface area contributed by atoms with Gasteiger partial charge in [0.05, 0.1) is 0 Å². The van der Waals surface area contributed by atoms with Crippen molar-refractivity contribution >= 4 is 11.6 Å². The first kappa shape index (κ1) is 12.3. The van der Waals surface area contributed by atoms with Gasteiger partial charge in [0.2, 0.25) is 0 Å². The first-order valence-electron chi connectivity index (χ1n) is 7.70. The minimum absolute atomic E-state index is 0.385. The van der Waals surface area contributed by atoms with Crippen molar-refractivity contribution in [1.29, 1.82) is 0 Å². The van der Waals surface area contributed by atoms with Crippen LogP contribution in [0.2, 0.25) is 0 Å². The number of nitrogens with one attached hydrogen (secondary N) is 1. The van der Waals surface area contributed by atoms with Crippen molar-refractivity contribution in [1.82, 2.24) is 5.32 Å². The van der Waals surface area contributed by atoms with Gasteiger partial charge < -0.3 is 5.32 Å². The fraction of sp³-hybridized carbons (Fsp3) is 1.00. The third kappa shape index (κ3) is 2.81. The molecule has 2 bridgehead atoms. The summed E-state index contributed by atoms with van der Waals surface area (Å²) in [6.07, 6.45) is 12.7. The maximum absolute atomic E-state index is 6.49. The molecule has 0 saturated heterocycles. The first-order chi connectivity index (χ1) is 8.33. The standard InChI is InChI=1S/C15H26ClN/c16-14-4-2-1-3-5-15(14)17-10-13-9-11-6-7-12(13)8-11/h11-15,17H,1-10H2. The highest BCUT2D eigenvalue weighted by atomic mass is 35.5. The van der Waals surface area contributed by atoms with Crippen LogP contribution in [0.5, 0.6) is 0 Å². The summed E-state index contributed by atoms with van der Waals surface area (Å²) in [6.45, 7) is 1.25. The molecule has 3 rings (SSSR count). The molecule has 1 nitrogen and oxygen atoms in total. The average molecular weight is 256 g/mol. The molecule has 3 fully saturated rings. The minimum atomic E-state index is 0.385. The van der Waals surface area contributed by atoms with E-state index in [0.717, 1.165) is 17.8 Å². The van der Waals surface area contributed by atoms with Crippen LogP contribution in [0.4, 0.5) is 0 Å². The highest BCUT2D eigenvalue weighted by molar-refractivity contribution is 6.21. The number of halogens is 1. The number of alkyl halides is 1. The molecule has 0 aromatic carbocycles. The molecular weight excluding hydrogens is 230 g/mol. The number of hydrogen-bond donors (Lipinski definition) is 1. The van der Waals surface area contributed by atoms with Crippen LogP contribution in [0, 0.1) is 17.8 Å². The van der Waals surface area contributed by atoms with E-state index in [4.69, 9.17) is 11.6 Å². The first-order valence-corrected chi connectivity index (χ1v) is 8.14. The monoisotopic (exact) mass is 255 g/mol. The van der Waals surface area contributed by atoms with Crippen LogP contribution >= 0.6 is 11.6 Å². The topological polar surface area (TPSA) is 12.0 Å². The molecule has 98 valence electrons. The zero-order valence-corrected chi connectivity index (χ0v) is 11.6. The summed E-state index contributed by atoms with van der Waals surface area (Å²) in [4.78, 5) is 0. The second-order valence-electron chi connectivity index (χ2n) is 6.60. The van der Waals surface area contributed by atoms with E-state index in [-0.39, 0.29) is 0 Å². The van der Waals surface area contributed by atoms with Crippen molar-refractivity contribution in [2.75, 3.05) is 6.54 Å². The van der Waals surface area contributed by atoms with Gasteiger partial charge in [-0.25, -0.2) is 0 Å². The molecule has 2 heteroatoms. The smallest absolute Gasteiger partial charge is 0.0489 e. The zero-order chi connectivity index (χ0) is 11.7. The fourth-order valence-electron chi connectivity index (χ4n) is 4.42. The summed E-state index contributed by atoms with van der Waals surface area (Å²) < 4.78 is 0. The van der Waals surface area contributed by atoms with Gasteiger partial charge in [-0.15, -0.1) is 11.6 Å².